The van der Waals surface area contributed by atoms with Crippen LogP contribution in [0.5, 0.6) is 0 Å². The molecule has 0 amide bonds. The molecule has 0 aliphatic rings. The first kappa shape index (κ1) is 13.2. The molecule has 4 heteroatoms. The van der Waals surface area contributed by atoms with Crippen molar-refractivity contribution in [3.8, 4) is 0 Å². The van der Waals surface area contributed by atoms with Crippen LogP contribution in [0.25, 0.3) is 0 Å². The summed E-state index contributed by atoms with van der Waals surface area (Å²) in [6.07, 6.45) is 0. The highest BCUT2D eigenvalue weighted by atomic mass is 35.5. The normalized spacial score (nSPS) is 10.4. The topological polar surface area (TPSA) is 12.0 Å². The van der Waals surface area contributed by atoms with Gasteiger partial charge in [0.25, 0.3) is 0 Å². The summed E-state index contributed by atoms with van der Waals surface area (Å²) in [5.74, 6) is -0.196. The number of benzene rings is 2. The second kappa shape index (κ2) is 5.59. The number of rotatable bonds is 3. The maximum atomic E-state index is 13.4. The average Bonchev–Trinajstić information content (AvgIpc) is 2.29. The predicted molar refractivity (Wildman–Crippen MR) is 74.9 cm³/mol. The molecule has 94 valence electrons. The van der Waals surface area contributed by atoms with E-state index in [0.717, 1.165) is 11.3 Å². The molecule has 0 saturated carbocycles. The molecule has 18 heavy (non-hydrogen) atoms. The molecule has 1 nitrogen and oxygen atoms in total. The molecule has 0 heterocycles. The highest BCUT2D eigenvalue weighted by Crippen LogP contribution is 2.23. The number of halogens is 3. The molecule has 0 aliphatic heterocycles. The minimum absolute atomic E-state index is 0.196. The van der Waals surface area contributed by atoms with E-state index in [1.54, 1.807) is 31.2 Å². The molecule has 0 aliphatic carbocycles. The Kier molecular flexibility index (Phi) is 4.10. The molecular weight excluding hydrogens is 272 g/mol. The van der Waals surface area contributed by atoms with Crippen LogP contribution in [0.2, 0.25) is 10.0 Å². The third kappa shape index (κ3) is 3.37. The lowest BCUT2D eigenvalue weighted by Crippen LogP contribution is -2.00. The fourth-order valence-corrected chi connectivity index (χ4v) is 2.13. The predicted octanol–water partition coefficient (Wildman–Crippen LogP) is 5.05. The smallest absolute Gasteiger partial charge is 0.126 e. The van der Waals surface area contributed by atoms with E-state index in [-0.39, 0.29) is 5.82 Å². The standard InChI is InChI=1S/C14H12Cl2FN/c1-9-2-3-10(4-14(9)17)8-18-13-6-11(15)5-12(16)7-13/h2-7,18H,8H2,1H3. The Balaban J connectivity index is 2.08. The van der Waals surface area contributed by atoms with Crippen LogP contribution in [-0.4, -0.2) is 0 Å². The Bertz CT molecular complexity index is 549. The summed E-state index contributed by atoms with van der Waals surface area (Å²) in [4.78, 5) is 0. The van der Waals surface area contributed by atoms with Gasteiger partial charge in [0.2, 0.25) is 0 Å². The van der Waals surface area contributed by atoms with Gasteiger partial charge in [-0.05, 0) is 42.3 Å². The van der Waals surface area contributed by atoms with Crippen molar-refractivity contribution in [3.05, 3.63) is 63.4 Å². The number of nitrogens with one attached hydrogen (secondary N) is 1. The van der Waals surface area contributed by atoms with Gasteiger partial charge in [-0.2, -0.15) is 0 Å². The third-order valence-electron chi connectivity index (χ3n) is 2.60. The number of aryl methyl sites for hydroxylation is 1. The first-order valence-electron chi connectivity index (χ1n) is 5.49. The van der Waals surface area contributed by atoms with Gasteiger partial charge in [-0.15, -0.1) is 0 Å². The summed E-state index contributed by atoms with van der Waals surface area (Å²) < 4.78 is 13.4. The van der Waals surface area contributed by atoms with Crippen molar-refractivity contribution in [3.63, 3.8) is 0 Å². The molecule has 1 N–H and O–H groups in total. The molecule has 0 fully saturated rings. The highest BCUT2D eigenvalue weighted by Gasteiger charge is 2.01. The number of hydrogen-bond donors (Lipinski definition) is 1. The zero-order valence-electron chi connectivity index (χ0n) is 9.81. The maximum Gasteiger partial charge on any atom is 0.126 e. The van der Waals surface area contributed by atoms with E-state index in [2.05, 4.69) is 5.32 Å². The Morgan fingerprint density at radius 2 is 1.72 bits per heavy atom. The fraction of sp³-hybridized carbons (Fsp3) is 0.143. The van der Waals surface area contributed by atoms with Crippen LogP contribution in [0, 0.1) is 12.7 Å². The van der Waals surface area contributed by atoms with Crippen LogP contribution < -0.4 is 5.32 Å². The van der Waals surface area contributed by atoms with Crippen LogP contribution in [0.4, 0.5) is 10.1 Å². The molecule has 2 aromatic rings. The monoisotopic (exact) mass is 283 g/mol. The molecule has 0 radical (unpaired) electrons. The minimum atomic E-state index is -0.196. The SMILES string of the molecule is Cc1ccc(CNc2cc(Cl)cc(Cl)c2)cc1F. The van der Waals surface area contributed by atoms with Crippen molar-refractivity contribution in [2.24, 2.45) is 0 Å². The van der Waals surface area contributed by atoms with Crippen LogP contribution >= 0.6 is 23.2 Å². The average molecular weight is 284 g/mol. The van der Waals surface area contributed by atoms with Gasteiger partial charge in [0.1, 0.15) is 5.82 Å². The van der Waals surface area contributed by atoms with E-state index in [1.165, 1.54) is 6.07 Å². The molecule has 0 unspecified atom stereocenters. The Morgan fingerprint density at radius 1 is 1.06 bits per heavy atom. The zero-order chi connectivity index (χ0) is 13.1. The minimum Gasteiger partial charge on any atom is -0.381 e. The second-order valence-electron chi connectivity index (χ2n) is 4.10. The van der Waals surface area contributed by atoms with E-state index < -0.39 is 0 Å². The van der Waals surface area contributed by atoms with Crippen molar-refractivity contribution in [2.45, 2.75) is 13.5 Å². The van der Waals surface area contributed by atoms with Gasteiger partial charge in [-0.3, -0.25) is 0 Å². The second-order valence-corrected chi connectivity index (χ2v) is 4.97. The lowest BCUT2D eigenvalue weighted by Gasteiger charge is -2.08. The summed E-state index contributed by atoms with van der Waals surface area (Å²) in [5.41, 5.74) is 2.33. The molecule has 2 aromatic carbocycles. The summed E-state index contributed by atoms with van der Waals surface area (Å²) in [6.45, 7) is 2.26. The van der Waals surface area contributed by atoms with Crippen molar-refractivity contribution >= 4 is 28.9 Å². The molecule has 0 bridgehead atoms. The molecular formula is C14H12Cl2FN. The van der Waals surface area contributed by atoms with Gasteiger partial charge >= 0.3 is 0 Å². The summed E-state index contributed by atoms with van der Waals surface area (Å²) in [6, 6.07) is 10.4. The first-order chi connectivity index (χ1) is 8.54. The summed E-state index contributed by atoms with van der Waals surface area (Å²) in [7, 11) is 0. The van der Waals surface area contributed by atoms with Crippen LogP contribution in [0.3, 0.4) is 0 Å². The molecule has 0 atom stereocenters. The lowest BCUT2D eigenvalue weighted by atomic mass is 10.1. The van der Waals surface area contributed by atoms with Crippen molar-refractivity contribution in [1.29, 1.82) is 0 Å². The molecule has 0 saturated heterocycles. The van der Waals surface area contributed by atoms with Crippen molar-refractivity contribution < 1.29 is 4.39 Å². The van der Waals surface area contributed by atoms with Crippen molar-refractivity contribution in [1.82, 2.24) is 0 Å². The van der Waals surface area contributed by atoms with Gasteiger partial charge in [-0.25, -0.2) is 4.39 Å². The summed E-state index contributed by atoms with van der Waals surface area (Å²) in [5, 5.41) is 4.29. The zero-order valence-corrected chi connectivity index (χ0v) is 11.3. The Labute approximate surface area is 116 Å². The van der Waals surface area contributed by atoms with Gasteiger partial charge in [0.15, 0.2) is 0 Å². The van der Waals surface area contributed by atoms with Crippen LogP contribution in [-0.2, 0) is 6.54 Å². The van der Waals surface area contributed by atoms with Gasteiger partial charge < -0.3 is 5.32 Å². The van der Waals surface area contributed by atoms with E-state index in [9.17, 15) is 4.39 Å². The van der Waals surface area contributed by atoms with E-state index in [0.29, 0.717) is 22.2 Å². The molecule has 2 rings (SSSR count). The van der Waals surface area contributed by atoms with Gasteiger partial charge in [-0.1, -0.05) is 35.3 Å². The number of anilines is 1. The van der Waals surface area contributed by atoms with Gasteiger partial charge in [0.05, 0.1) is 0 Å². The third-order valence-corrected chi connectivity index (χ3v) is 3.03. The van der Waals surface area contributed by atoms with Crippen LogP contribution in [0.1, 0.15) is 11.1 Å². The Hall–Kier alpha value is -1.25. The van der Waals surface area contributed by atoms with Crippen molar-refractivity contribution in [2.75, 3.05) is 5.32 Å². The largest absolute Gasteiger partial charge is 0.381 e. The highest BCUT2D eigenvalue weighted by molar-refractivity contribution is 6.35. The Morgan fingerprint density at radius 3 is 2.33 bits per heavy atom. The van der Waals surface area contributed by atoms with Gasteiger partial charge in [0, 0.05) is 22.3 Å². The van der Waals surface area contributed by atoms with E-state index >= 15 is 0 Å². The molecule has 0 aromatic heterocycles. The molecule has 0 spiro atoms. The van der Waals surface area contributed by atoms with E-state index in [4.69, 9.17) is 23.2 Å². The summed E-state index contributed by atoms with van der Waals surface area (Å²) >= 11 is 11.8. The number of hydrogen-bond acceptors (Lipinski definition) is 1. The first-order valence-corrected chi connectivity index (χ1v) is 6.25. The lowest BCUT2D eigenvalue weighted by molar-refractivity contribution is 0.616. The maximum absolute atomic E-state index is 13.4. The quantitative estimate of drug-likeness (QED) is 0.831. The van der Waals surface area contributed by atoms with E-state index in [1.807, 2.05) is 6.07 Å². The van der Waals surface area contributed by atoms with Crippen LogP contribution in [0.15, 0.2) is 36.4 Å². The fourth-order valence-electron chi connectivity index (χ4n) is 1.61.